The monoisotopic (exact) mass is 308 g/mol. The van der Waals surface area contributed by atoms with E-state index in [1.165, 1.54) is 5.56 Å². The Morgan fingerprint density at radius 1 is 1.41 bits per heavy atom. The maximum atomic E-state index is 5.01. The number of nitrogens with zero attached hydrogens (tertiary/aromatic N) is 3. The average molecular weight is 309 g/mol. The Morgan fingerprint density at radius 3 is 2.94 bits per heavy atom. The Labute approximate surface area is 111 Å². The SMILES string of the molecule is Cc1cc(Br)cc2c3n[nH]c(=S)nc3n(C)c12. The first-order valence-electron chi connectivity index (χ1n) is 5.09. The van der Waals surface area contributed by atoms with Crippen molar-refractivity contribution in [1.29, 1.82) is 0 Å². The van der Waals surface area contributed by atoms with Gasteiger partial charge in [-0.05, 0) is 36.8 Å². The molecule has 0 atom stereocenters. The maximum Gasteiger partial charge on any atom is 0.215 e. The van der Waals surface area contributed by atoms with Crippen LogP contribution < -0.4 is 0 Å². The summed E-state index contributed by atoms with van der Waals surface area (Å²) in [6.07, 6.45) is 0. The summed E-state index contributed by atoms with van der Waals surface area (Å²) in [4.78, 5) is 4.33. The number of rotatable bonds is 0. The summed E-state index contributed by atoms with van der Waals surface area (Å²) in [5.74, 6) is 0. The van der Waals surface area contributed by atoms with Gasteiger partial charge in [0.25, 0.3) is 0 Å². The molecule has 0 aliphatic carbocycles. The van der Waals surface area contributed by atoms with Crippen LogP contribution in [0, 0.1) is 11.7 Å². The number of aromatic nitrogens is 4. The van der Waals surface area contributed by atoms with Crippen molar-refractivity contribution in [2.75, 3.05) is 0 Å². The van der Waals surface area contributed by atoms with E-state index in [-0.39, 0.29) is 0 Å². The summed E-state index contributed by atoms with van der Waals surface area (Å²) in [7, 11) is 1.98. The molecule has 1 N–H and O–H groups in total. The molecule has 0 bridgehead atoms. The third kappa shape index (κ3) is 1.51. The van der Waals surface area contributed by atoms with Crippen LogP contribution in [0.5, 0.6) is 0 Å². The van der Waals surface area contributed by atoms with Crippen LogP contribution in [-0.4, -0.2) is 19.7 Å². The number of nitrogens with one attached hydrogen (secondary N) is 1. The third-order valence-corrected chi connectivity index (χ3v) is 3.50. The fraction of sp³-hybridized carbons (Fsp3) is 0.182. The number of H-pyrrole nitrogens is 1. The van der Waals surface area contributed by atoms with Gasteiger partial charge in [-0.1, -0.05) is 15.9 Å². The van der Waals surface area contributed by atoms with Crippen LogP contribution in [-0.2, 0) is 7.05 Å². The fourth-order valence-corrected chi connectivity index (χ4v) is 2.91. The predicted octanol–water partition coefficient (Wildman–Crippen LogP) is 3.25. The van der Waals surface area contributed by atoms with E-state index in [4.69, 9.17) is 12.2 Å². The molecule has 4 nitrogen and oxygen atoms in total. The zero-order chi connectivity index (χ0) is 12.2. The van der Waals surface area contributed by atoms with Gasteiger partial charge in [0.2, 0.25) is 4.77 Å². The highest BCUT2D eigenvalue weighted by Gasteiger charge is 2.13. The minimum atomic E-state index is 0.403. The van der Waals surface area contributed by atoms with Crippen molar-refractivity contribution < 1.29 is 0 Å². The van der Waals surface area contributed by atoms with E-state index in [0.29, 0.717) is 4.77 Å². The van der Waals surface area contributed by atoms with Crippen molar-refractivity contribution in [3.05, 3.63) is 26.9 Å². The molecule has 0 fully saturated rings. The van der Waals surface area contributed by atoms with Crippen molar-refractivity contribution >= 4 is 50.2 Å². The minimum Gasteiger partial charge on any atom is -0.327 e. The molecule has 0 unspecified atom stereocenters. The van der Waals surface area contributed by atoms with Gasteiger partial charge in [0, 0.05) is 16.9 Å². The van der Waals surface area contributed by atoms with E-state index in [2.05, 4.69) is 50.2 Å². The molecule has 0 spiro atoms. The Morgan fingerprint density at radius 2 is 2.18 bits per heavy atom. The van der Waals surface area contributed by atoms with Crippen molar-refractivity contribution in [2.24, 2.45) is 7.05 Å². The molecule has 0 aliphatic heterocycles. The lowest BCUT2D eigenvalue weighted by Crippen LogP contribution is -1.93. The largest absolute Gasteiger partial charge is 0.327 e. The van der Waals surface area contributed by atoms with Gasteiger partial charge < -0.3 is 4.57 Å². The topological polar surface area (TPSA) is 46.5 Å². The summed E-state index contributed by atoms with van der Waals surface area (Å²) in [6.45, 7) is 2.07. The first kappa shape index (κ1) is 10.9. The lowest BCUT2D eigenvalue weighted by atomic mass is 10.1. The quantitative estimate of drug-likeness (QED) is 0.648. The number of halogens is 1. The van der Waals surface area contributed by atoms with Crippen molar-refractivity contribution in [1.82, 2.24) is 19.7 Å². The predicted molar refractivity (Wildman–Crippen MR) is 73.6 cm³/mol. The standard InChI is InChI=1S/C11H9BrN4S/c1-5-3-6(12)4-7-8-10(16(2)9(5)7)13-11(17)15-14-8/h3-4H,1-2H3,(H,13,15,17). The molecule has 86 valence electrons. The molecule has 0 aliphatic rings. The number of aromatic amines is 1. The van der Waals surface area contributed by atoms with Crippen LogP contribution in [0.15, 0.2) is 16.6 Å². The first-order chi connectivity index (χ1) is 8.08. The van der Waals surface area contributed by atoms with Gasteiger partial charge in [0.15, 0.2) is 5.65 Å². The Kier molecular flexibility index (Phi) is 2.31. The van der Waals surface area contributed by atoms with Crippen molar-refractivity contribution in [3.8, 4) is 0 Å². The highest BCUT2D eigenvalue weighted by Crippen LogP contribution is 2.30. The normalized spacial score (nSPS) is 11.5. The van der Waals surface area contributed by atoms with E-state index in [1.54, 1.807) is 0 Å². The van der Waals surface area contributed by atoms with E-state index in [0.717, 1.165) is 26.5 Å². The summed E-state index contributed by atoms with van der Waals surface area (Å²) in [5.41, 5.74) is 3.98. The number of fused-ring (bicyclic) bond motifs is 3. The molecule has 2 aromatic heterocycles. The second-order valence-electron chi connectivity index (χ2n) is 3.99. The van der Waals surface area contributed by atoms with E-state index in [1.807, 2.05) is 11.6 Å². The van der Waals surface area contributed by atoms with E-state index >= 15 is 0 Å². The van der Waals surface area contributed by atoms with Gasteiger partial charge in [0.05, 0.1) is 5.52 Å². The number of hydrogen-bond acceptors (Lipinski definition) is 3. The molecule has 3 rings (SSSR count). The van der Waals surface area contributed by atoms with Gasteiger partial charge in [-0.25, -0.2) is 0 Å². The summed E-state index contributed by atoms with van der Waals surface area (Å²) >= 11 is 8.52. The second-order valence-corrected chi connectivity index (χ2v) is 5.29. The number of benzene rings is 1. The second kappa shape index (κ2) is 3.61. The molecule has 0 saturated heterocycles. The molecular weight excluding hydrogens is 300 g/mol. The van der Waals surface area contributed by atoms with Crippen LogP contribution >= 0.6 is 28.1 Å². The van der Waals surface area contributed by atoms with Gasteiger partial charge >= 0.3 is 0 Å². The van der Waals surface area contributed by atoms with E-state index < -0.39 is 0 Å². The molecule has 1 aromatic carbocycles. The highest BCUT2D eigenvalue weighted by molar-refractivity contribution is 9.10. The van der Waals surface area contributed by atoms with Gasteiger partial charge in [-0.2, -0.15) is 10.1 Å². The summed E-state index contributed by atoms with van der Waals surface area (Å²) in [5, 5.41) is 8.10. The summed E-state index contributed by atoms with van der Waals surface area (Å²) < 4.78 is 3.47. The maximum absolute atomic E-state index is 5.01. The van der Waals surface area contributed by atoms with Gasteiger partial charge in [0.1, 0.15) is 5.52 Å². The zero-order valence-electron chi connectivity index (χ0n) is 9.28. The lowest BCUT2D eigenvalue weighted by molar-refractivity contribution is 0.939. The lowest BCUT2D eigenvalue weighted by Gasteiger charge is -2.01. The van der Waals surface area contributed by atoms with Crippen LogP contribution in [0.2, 0.25) is 0 Å². The number of aryl methyl sites for hydroxylation is 2. The smallest absolute Gasteiger partial charge is 0.215 e. The zero-order valence-corrected chi connectivity index (χ0v) is 11.7. The molecule has 0 radical (unpaired) electrons. The third-order valence-electron chi connectivity index (χ3n) is 2.86. The van der Waals surface area contributed by atoms with Crippen LogP contribution in [0.25, 0.3) is 22.1 Å². The van der Waals surface area contributed by atoms with Crippen LogP contribution in [0.1, 0.15) is 5.56 Å². The molecule has 0 saturated carbocycles. The number of hydrogen-bond donors (Lipinski definition) is 1. The van der Waals surface area contributed by atoms with Gasteiger partial charge in [-0.15, -0.1) is 0 Å². The Bertz CT molecular complexity index is 802. The molecular formula is C11H9BrN4S. The van der Waals surface area contributed by atoms with Crippen LogP contribution in [0.4, 0.5) is 0 Å². The minimum absolute atomic E-state index is 0.403. The molecule has 2 heterocycles. The Balaban J connectivity index is 2.68. The Hall–Kier alpha value is -1.27. The first-order valence-corrected chi connectivity index (χ1v) is 6.29. The summed E-state index contributed by atoms with van der Waals surface area (Å²) in [6, 6.07) is 4.13. The van der Waals surface area contributed by atoms with Gasteiger partial charge in [-0.3, -0.25) is 5.10 Å². The van der Waals surface area contributed by atoms with Crippen LogP contribution in [0.3, 0.4) is 0 Å². The van der Waals surface area contributed by atoms with E-state index in [9.17, 15) is 0 Å². The molecule has 0 amide bonds. The molecule has 17 heavy (non-hydrogen) atoms. The molecule has 3 aromatic rings. The molecule has 6 heteroatoms. The highest BCUT2D eigenvalue weighted by atomic mass is 79.9. The average Bonchev–Trinajstić information content (AvgIpc) is 2.52. The van der Waals surface area contributed by atoms with Crippen molar-refractivity contribution in [3.63, 3.8) is 0 Å². The van der Waals surface area contributed by atoms with Crippen molar-refractivity contribution in [2.45, 2.75) is 6.92 Å². The fourth-order valence-electron chi connectivity index (χ4n) is 2.21.